The van der Waals surface area contributed by atoms with Gasteiger partial charge in [-0.25, -0.2) is 4.79 Å². The van der Waals surface area contributed by atoms with Crippen LogP contribution in [-0.2, 0) is 16.0 Å². The van der Waals surface area contributed by atoms with Gasteiger partial charge in [0, 0.05) is 5.69 Å². The molecule has 0 saturated carbocycles. The lowest BCUT2D eigenvalue weighted by Crippen LogP contribution is -2.17. The number of nitrogens with one attached hydrogen (secondary N) is 1. The molecule has 4 heteroatoms. The Hall–Kier alpha value is -2.62. The van der Waals surface area contributed by atoms with Gasteiger partial charge < -0.3 is 10.1 Å². The molecule has 0 fully saturated rings. The second kappa shape index (κ2) is 7.77. The minimum Gasteiger partial charge on any atom is -0.462 e. The highest BCUT2D eigenvalue weighted by atomic mass is 16.5. The van der Waals surface area contributed by atoms with Gasteiger partial charge in [-0.2, -0.15) is 0 Å². The maximum Gasteiger partial charge on any atom is 0.338 e. The second-order valence-corrected chi connectivity index (χ2v) is 5.85. The van der Waals surface area contributed by atoms with Crippen LogP contribution in [0.1, 0.15) is 39.5 Å². The van der Waals surface area contributed by atoms with E-state index in [0.717, 1.165) is 11.1 Å². The molecule has 0 aliphatic carbocycles. The van der Waals surface area contributed by atoms with E-state index in [-0.39, 0.29) is 11.9 Å². The van der Waals surface area contributed by atoms with Crippen molar-refractivity contribution in [2.45, 2.75) is 34.1 Å². The van der Waals surface area contributed by atoms with E-state index in [1.54, 1.807) is 32.0 Å². The summed E-state index contributed by atoms with van der Waals surface area (Å²) in [6.45, 7) is 7.92. The van der Waals surface area contributed by atoms with Gasteiger partial charge in [0.2, 0.25) is 5.91 Å². The number of esters is 1. The zero-order valence-electron chi connectivity index (χ0n) is 14.6. The third kappa shape index (κ3) is 4.22. The molecule has 0 radical (unpaired) electrons. The first-order chi connectivity index (χ1) is 11.4. The molecule has 4 nitrogen and oxygen atoms in total. The number of hydrogen-bond acceptors (Lipinski definition) is 3. The van der Waals surface area contributed by atoms with Crippen LogP contribution in [0.5, 0.6) is 0 Å². The van der Waals surface area contributed by atoms with Gasteiger partial charge in [-0.1, -0.05) is 29.8 Å². The van der Waals surface area contributed by atoms with Crippen LogP contribution in [0.25, 0.3) is 0 Å². The summed E-state index contributed by atoms with van der Waals surface area (Å²) in [4.78, 5) is 24.3. The van der Waals surface area contributed by atoms with Crippen LogP contribution in [0.3, 0.4) is 0 Å². The molecule has 0 saturated heterocycles. The van der Waals surface area contributed by atoms with Crippen LogP contribution < -0.4 is 5.32 Å². The van der Waals surface area contributed by atoms with E-state index in [0.29, 0.717) is 29.8 Å². The Morgan fingerprint density at radius 2 is 1.83 bits per heavy atom. The van der Waals surface area contributed by atoms with Gasteiger partial charge in [-0.05, 0) is 56.5 Å². The average Bonchev–Trinajstić information content (AvgIpc) is 2.52. The Bertz CT molecular complexity index is 765. The smallest absolute Gasteiger partial charge is 0.338 e. The van der Waals surface area contributed by atoms with Crippen molar-refractivity contribution in [3.63, 3.8) is 0 Å². The lowest BCUT2D eigenvalue weighted by molar-refractivity contribution is -0.115. The van der Waals surface area contributed by atoms with Crippen LogP contribution in [0, 0.1) is 20.8 Å². The maximum atomic E-state index is 12.4. The lowest BCUT2D eigenvalue weighted by atomic mass is 10.0. The molecule has 2 aromatic rings. The molecule has 0 bridgehead atoms. The quantitative estimate of drug-likeness (QED) is 0.846. The number of carbonyl (C=O) groups is 2. The molecule has 24 heavy (non-hydrogen) atoms. The molecule has 1 N–H and O–H groups in total. The van der Waals surface area contributed by atoms with E-state index in [1.807, 2.05) is 26.0 Å². The summed E-state index contributed by atoms with van der Waals surface area (Å²) in [5, 5.41) is 2.89. The van der Waals surface area contributed by atoms with Crippen molar-refractivity contribution in [1.82, 2.24) is 0 Å². The molecule has 0 unspecified atom stereocenters. The number of ether oxygens (including phenoxy) is 1. The third-order valence-electron chi connectivity index (χ3n) is 3.95. The monoisotopic (exact) mass is 325 g/mol. The predicted molar refractivity (Wildman–Crippen MR) is 95.4 cm³/mol. The Kier molecular flexibility index (Phi) is 5.74. The van der Waals surface area contributed by atoms with Gasteiger partial charge in [0.25, 0.3) is 0 Å². The summed E-state index contributed by atoms with van der Waals surface area (Å²) in [5.74, 6) is -0.480. The molecule has 0 heterocycles. The number of benzene rings is 2. The number of amides is 1. The zero-order chi connectivity index (χ0) is 17.7. The van der Waals surface area contributed by atoms with E-state index in [2.05, 4.69) is 11.4 Å². The summed E-state index contributed by atoms with van der Waals surface area (Å²) in [5.41, 5.74) is 5.09. The molecule has 2 rings (SSSR count). The Labute approximate surface area is 142 Å². The van der Waals surface area contributed by atoms with Crippen LogP contribution in [-0.4, -0.2) is 18.5 Å². The van der Waals surface area contributed by atoms with Gasteiger partial charge in [0.1, 0.15) is 0 Å². The summed E-state index contributed by atoms with van der Waals surface area (Å²) < 4.78 is 5.04. The summed E-state index contributed by atoms with van der Waals surface area (Å²) in [6, 6.07) is 11.3. The average molecular weight is 325 g/mol. The van der Waals surface area contributed by atoms with E-state index in [4.69, 9.17) is 4.74 Å². The van der Waals surface area contributed by atoms with Crippen molar-refractivity contribution in [3.8, 4) is 0 Å². The summed E-state index contributed by atoms with van der Waals surface area (Å²) in [6.07, 6.45) is 0.301. The fraction of sp³-hybridized carbons (Fsp3) is 0.300. The van der Waals surface area contributed by atoms with Crippen LogP contribution >= 0.6 is 0 Å². The highest BCUT2D eigenvalue weighted by Crippen LogP contribution is 2.20. The molecule has 1 amide bonds. The minimum atomic E-state index is -0.375. The van der Waals surface area contributed by atoms with Crippen molar-refractivity contribution in [2.24, 2.45) is 0 Å². The number of aryl methyl sites for hydroxylation is 2. The standard InChI is InChI=1S/C20H23NO3/c1-5-24-20(23)17-7-6-8-18(15(17)4)21-19(22)12-16-10-9-13(2)11-14(16)3/h6-11H,5,12H2,1-4H3,(H,21,22). The summed E-state index contributed by atoms with van der Waals surface area (Å²) >= 11 is 0. The second-order valence-electron chi connectivity index (χ2n) is 5.85. The van der Waals surface area contributed by atoms with E-state index >= 15 is 0 Å². The van der Waals surface area contributed by atoms with Crippen molar-refractivity contribution in [2.75, 3.05) is 11.9 Å². The molecule has 126 valence electrons. The fourth-order valence-corrected chi connectivity index (χ4v) is 2.61. The maximum absolute atomic E-state index is 12.4. The molecule has 0 aliphatic heterocycles. The number of rotatable bonds is 5. The Morgan fingerprint density at radius 3 is 2.50 bits per heavy atom. The first-order valence-corrected chi connectivity index (χ1v) is 8.05. The van der Waals surface area contributed by atoms with Gasteiger partial charge in [0.05, 0.1) is 18.6 Å². The number of hydrogen-bond donors (Lipinski definition) is 1. The van der Waals surface area contributed by atoms with Crippen LogP contribution in [0.2, 0.25) is 0 Å². The van der Waals surface area contributed by atoms with E-state index in [1.165, 1.54) is 5.56 Å². The van der Waals surface area contributed by atoms with Crippen molar-refractivity contribution >= 4 is 17.6 Å². The molecule has 0 aliphatic rings. The highest BCUT2D eigenvalue weighted by Gasteiger charge is 2.14. The third-order valence-corrected chi connectivity index (χ3v) is 3.95. The topological polar surface area (TPSA) is 55.4 Å². The number of carbonyl (C=O) groups excluding carboxylic acids is 2. The first-order valence-electron chi connectivity index (χ1n) is 8.05. The molecule has 0 aromatic heterocycles. The van der Waals surface area contributed by atoms with Gasteiger partial charge >= 0.3 is 5.97 Å². The molecule has 2 aromatic carbocycles. The van der Waals surface area contributed by atoms with Gasteiger partial charge in [-0.15, -0.1) is 0 Å². The zero-order valence-corrected chi connectivity index (χ0v) is 14.6. The number of anilines is 1. The fourth-order valence-electron chi connectivity index (χ4n) is 2.61. The normalized spacial score (nSPS) is 10.3. The van der Waals surface area contributed by atoms with Crippen molar-refractivity contribution < 1.29 is 14.3 Å². The van der Waals surface area contributed by atoms with Gasteiger partial charge in [0.15, 0.2) is 0 Å². The van der Waals surface area contributed by atoms with E-state index in [9.17, 15) is 9.59 Å². The van der Waals surface area contributed by atoms with Crippen LogP contribution in [0.15, 0.2) is 36.4 Å². The predicted octanol–water partition coefficient (Wildman–Crippen LogP) is 3.97. The SMILES string of the molecule is CCOC(=O)c1cccc(NC(=O)Cc2ccc(C)cc2C)c1C. The molecular formula is C20H23NO3. The highest BCUT2D eigenvalue weighted by molar-refractivity contribution is 5.97. The largest absolute Gasteiger partial charge is 0.462 e. The van der Waals surface area contributed by atoms with E-state index < -0.39 is 0 Å². The van der Waals surface area contributed by atoms with Crippen LogP contribution in [0.4, 0.5) is 5.69 Å². The molecule has 0 atom stereocenters. The molecular weight excluding hydrogens is 302 g/mol. The van der Waals surface area contributed by atoms with Crippen molar-refractivity contribution in [3.05, 3.63) is 64.2 Å². The van der Waals surface area contributed by atoms with Gasteiger partial charge in [-0.3, -0.25) is 4.79 Å². The first kappa shape index (κ1) is 17.7. The Balaban J connectivity index is 2.14. The summed E-state index contributed by atoms with van der Waals surface area (Å²) in [7, 11) is 0. The minimum absolute atomic E-state index is 0.105. The Morgan fingerprint density at radius 1 is 1.08 bits per heavy atom. The molecule has 0 spiro atoms. The lowest BCUT2D eigenvalue weighted by Gasteiger charge is -2.13. The van der Waals surface area contributed by atoms with Crippen molar-refractivity contribution in [1.29, 1.82) is 0 Å².